The van der Waals surface area contributed by atoms with Crippen LogP contribution in [-0.2, 0) is 18.2 Å². The van der Waals surface area contributed by atoms with Crippen molar-refractivity contribution in [2.75, 3.05) is 19.6 Å². The number of carbonyl (C=O) groups excluding carboxylic acids is 1. The summed E-state index contributed by atoms with van der Waals surface area (Å²) in [4.78, 5) is 16.8. The van der Waals surface area contributed by atoms with Gasteiger partial charge in [-0.15, -0.1) is 0 Å². The minimum atomic E-state index is -4.59. The molecule has 1 aliphatic heterocycles. The Balaban J connectivity index is 1.22. The van der Waals surface area contributed by atoms with Gasteiger partial charge in [0, 0.05) is 41.2 Å². The fourth-order valence-corrected chi connectivity index (χ4v) is 9.66. The number of furan rings is 1. The molecule has 8 rings (SSSR count). The van der Waals surface area contributed by atoms with Crippen LogP contribution in [0.1, 0.15) is 110 Å². The molecule has 2 bridgehead atoms. The van der Waals surface area contributed by atoms with Crippen molar-refractivity contribution < 1.29 is 37.7 Å². The van der Waals surface area contributed by atoms with E-state index in [4.69, 9.17) is 27.6 Å². The van der Waals surface area contributed by atoms with Crippen molar-refractivity contribution in [3.05, 3.63) is 128 Å². The summed E-state index contributed by atoms with van der Waals surface area (Å²) in [7, 11) is 0. The maximum Gasteiger partial charge on any atom is 0.416 e. The van der Waals surface area contributed by atoms with E-state index >= 15 is 0 Å². The van der Waals surface area contributed by atoms with Gasteiger partial charge in [-0.05, 0) is 136 Å². The lowest BCUT2D eigenvalue weighted by Crippen LogP contribution is -2.55. The number of likely N-dealkylation sites (tertiary alicyclic amines) is 1. The number of ketones is 1. The molecule has 298 valence electrons. The molecule has 0 radical (unpaired) electrons. The topological polar surface area (TPSA) is 94.1 Å². The average molecular weight is 811 g/mol. The van der Waals surface area contributed by atoms with Gasteiger partial charge in [0.15, 0.2) is 5.76 Å². The van der Waals surface area contributed by atoms with E-state index in [2.05, 4.69) is 24.8 Å². The van der Waals surface area contributed by atoms with Crippen LogP contribution in [0.4, 0.5) is 13.2 Å². The number of nitrogens with zero attached hydrogens (tertiary/aromatic N) is 1. The molecule has 0 spiro atoms. The summed E-state index contributed by atoms with van der Waals surface area (Å²) in [5, 5.41) is 36.1. The number of carbonyl (C=O) groups is 1. The molecule has 4 aliphatic rings. The van der Waals surface area contributed by atoms with Crippen LogP contribution in [0, 0.1) is 5.41 Å². The Bertz CT molecular complexity index is 2100. The molecule has 0 unspecified atom stereocenters. The molecule has 4 atom stereocenters. The summed E-state index contributed by atoms with van der Waals surface area (Å²) in [5.74, 6) is -0.691. The van der Waals surface area contributed by atoms with Crippen molar-refractivity contribution in [1.29, 1.82) is 0 Å². The van der Waals surface area contributed by atoms with Crippen molar-refractivity contribution in [3.8, 4) is 11.3 Å². The predicted molar refractivity (Wildman–Crippen MR) is 212 cm³/mol. The molecule has 0 amide bonds. The van der Waals surface area contributed by atoms with Gasteiger partial charge in [-0.1, -0.05) is 66.0 Å². The minimum absolute atomic E-state index is 0.0215. The van der Waals surface area contributed by atoms with Gasteiger partial charge in [0.05, 0.1) is 27.9 Å². The molecule has 2 fully saturated rings. The number of piperidine rings is 1. The maximum absolute atomic E-state index is 14.6. The highest BCUT2D eigenvalue weighted by Crippen LogP contribution is 2.59. The SMILES string of the molecule is CC1=CCC[C@@]2(C)[C@@H](CC[C@@]2(O)CN2CCC(O)(c3ccc(Cl)cc3)CC2)c2ccc(cc2C(=O)c2ccc(-c3cc(C(F)(F)F)ccc3Cl)o2)C[C@@H](O)CC1. The van der Waals surface area contributed by atoms with Gasteiger partial charge in [-0.2, -0.15) is 13.2 Å². The third kappa shape index (κ3) is 8.13. The molecule has 1 saturated heterocycles. The zero-order valence-corrected chi connectivity index (χ0v) is 33.2. The van der Waals surface area contributed by atoms with Crippen LogP contribution in [-0.4, -0.2) is 57.3 Å². The van der Waals surface area contributed by atoms with Crippen LogP contribution in [0.3, 0.4) is 0 Å². The number of halogens is 5. The normalized spacial score (nSPS) is 26.1. The van der Waals surface area contributed by atoms with Crippen molar-refractivity contribution in [2.45, 2.75) is 101 Å². The van der Waals surface area contributed by atoms with E-state index in [0.29, 0.717) is 88.0 Å². The molecule has 6 nitrogen and oxygen atoms in total. The number of rotatable bonds is 6. The first-order valence-electron chi connectivity index (χ1n) is 19.4. The molecule has 3 N–H and O–H groups in total. The quantitative estimate of drug-likeness (QED) is 0.133. The number of aliphatic hydroxyl groups excluding tert-OH is 1. The Labute approximate surface area is 335 Å². The Kier molecular flexibility index (Phi) is 11.4. The van der Waals surface area contributed by atoms with E-state index in [1.807, 2.05) is 24.3 Å². The summed E-state index contributed by atoms with van der Waals surface area (Å²) >= 11 is 12.4. The Morgan fingerprint density at radius 1 is 0.929 bits per heavy atom. The first-order chi connectivity index (χ1) is 26.5. The first kappa shape index (κ1) is 40.7. The summed E-state index contributed by atoms with van der Waals surface area (Å²) in [6, 6.07) is 18.9. The lowest BCUT2D eigenvalue weighted by Gasteiger charge is -2.48. The lowest BCUT2D eigenvalue weighted by atomic mass is 9.64. The first-order valence-corrected chi connectivity index (χ1v) is 20.1. The molecule has 3 aliphatic carbocycles. The number of hydrogen-bond acceptors (Lipinski definition) is 6. The molecule has 4 aromatic rings. The van der Waals surface area contributed by atoms with Crippen molar-refractivity contribution >= 4 is 29.0 Å². The van der Waals surface area contributed by atoms with Gasteiger partial charge in [-0.25, -0.2) is 0 Å². The van der Waals surface area contributed by atoms with Gasteiger partial charge >= 0.3 is 6.18 Å². The van der Waals surface area contributed by atoms with Gasteiger partial charge in [0.25, 0.3) is 0 Å². The summed E-state index contributed by atoms with van der Waals surface area (Å²) in [6.07, 6.45) is 2.06. The second-order valence-electron chi connectivity index (χ2n) is 16.4. The number of allylic oxidation sites excluding steroid dienone is 2. The van der Waals surface area contributed by atoms with Crippen molar-refractivity contribution in [3.63, 3.8) is 0 Å². The smallest absolute Gasteiger partial charge is 0.416 e. The number of alkyl halides is 3. The summed E-state index contributed by atoms with van der Waals surface area (Å²) < 4.78 is 46.8. The maximum atomic E-state index is 14.6. The summed E-state index contributed by atoms with van der Waals surface area (Å²) in [5.41, 5.74) is 0.268. The molecular formula is C45H48Cl2F3NO5. The van der Waals surface area contributed by atoms with Crippen LogP contribution < -0.4 is 0 Å². The highest BCUT2D eigenvalue weighted by atomic mass is 35.5. The number of β-amino-alcohol motifs (C(OH)–C–C–N with tert-alkyl or cyclic N) is 1. The number of aliphatic hydroxyl groups is 3. The van der Waals surface area contributed by atoms with Crippen LogP contribution >= 0.6 is 23.2 Å². The highest BCUT2D eigenvalue weighted by molar-refractivity contribution is 6.33. The highest BCUT2D eigenvalue weighted by Gasteiger charge is 2.57. The summed E-state index contributed by atoms with van der Waals surface area (Å²) in [6.45, 7) is 5.80. The van der Waals surface area contributed by atoms with Gasteiger partial charge < -0.3 is 24.6 Å². The monoisotopic (exact) mass is 809 g/mol. The van der Waals surface area contributed by atoms with E-state index in [0.717, 1.165) is 34.9 Å². The lowest BCUT2D eigenvalue weighted by molar-refractivity contribution is -0.137. The minimum Gasteiger partial charge on any atom is -0.453 e. The molecule has 11 heteroatoms. The molecular weight excluding hydrogens is 762 g/mol. The fourth-order valence-electron chi connectivity index (χ4n) is 9.32. The standard InChI is InChI=1S/C45H48Cl2F3NO5/c1-28-4-3-18-42(2)37(17-19-44(42,55)27-51-22-20-43(54,21-23-51)30-7-10-32(46)11-8-30)34-13-6-29(24-33(52)12-5-28)25-35(34)41(53)40-16-15-39(56-40)36-26-31(45(48,49)50)9-14-38(36)47/h4,6-11,13-16,25-26,33,37,52,54-55H,3,5,12,17-24,27H2,1-2H3/t33-,37-,42-,44+/m0/s1. The van der Waals surface area contributed by atoms with Gasteiger partial charge in [0.1, 0.15) is 5.76 Å². The zero-order chi connectivity index (χ0) is 40.0. The van der Waals surface area contributed by atoms with Crippen LogP contribution in [0.15, 0.2) is 88.9 Å². The van der Waals surface area contributed by atoms with E-state index in [1.165, 1.54) is 17.7 Å². The Morgan fingerprint density at radius 2 is 1.66 bits per heavy atom. The molecule has 1 saturated carbocycles. The van der Waals surface area contributed by atoms with Gasteiger partial charge in [0.2, 0.25) is 5.78 Å². The van der Waals surface area contributed by atoms with Crippen LogP contribution in [0.25, 0.3) is 11.3 Å². The fraction of sp³-hybridized carbons (Fsp3) is 0.444. The molecule has 3 aromatic carbocycles. The third-order valence-corrected chi connectivity index (χ3v) is 13.4. The van der Waals surface area contributed by atoms with E-state index in [-0.39, 0.29) is 28.0 Å². The second kappa shape index (κ2) is 15.7. The van der Waals surface area contributed by atoms with E-state index in [1.54, 1.807) is 18.2 Å². The number of benzene rings is 3. The third-order valence-electron chi connectivity index (χ3n) is 12.9. The Hall–Kier alpha value is -3.44. The number of hydrogen-bond donors (Lipinski definition) is 3. The van der Waals surface area contributed by atoms with E-state index in [9.17, 15) is 33.3 Å². The Morgan fingerprint density at radius 3 is 2.38 bits per heavy atom. The molecule has 1 aromatic heterocycles. The molecule has 2 heterocycles. The zero-order valence-electron chi connectivity index (χ0n) is 31.6. The van der Waals surface area contributed by atoms with Crippen molar-refractivity contribution in [2.24, 2.45) is 5.41 Å². The predicted octanol–water partition coefficient (Wildman–Crippen LogP) is 10.5. The second-order valence-corrected chi connectivity index (χ2v) is 17.3. The van der Waals surface area contributed by atoms with Gasteiger partial charge in [-0.3, -0.25) is 4.79 Å². The van der Waals surface area contributed by atoms with E-state index < -0.39 is 40.2 Å². The number of fused-ring (bicyclic) bond motifs is 8. The largest absolute Gasteiger partial charge is 0.453 e. The molecule has 56 heavy (non-hydrogen) atoms. The van der Waals surface area contributed by atoms with Crippen LogP contribution in [0.5, 0.6) is 0 Å². The average Bonchev–Trinajstić information content (AvgIpc) is 3.74. The van der Waals surface area contributed by atoms with Crippen LogP contribution in [0.2, 0.25) is 10.0 Å². The van der Waals surface area contributed by atoms with Crippen molar-refractivity contribution in [1.82, 2.24) is 4.90 Å².